The zero-order valence-corrected chi connectivity index (χ0v) is 16.2. The summed E-state index contributed by atoms with van der Waals surface area (Å²) in [6, 6.07) is 26.0. The maximum absolute atomic E-state index is 12.5. The van der Waals surface area contributed by atoms with E-state index in [0.717, 1.165) is 11.4 Å². The smallest absolute Gasteiger partial charge is 0.257 e. The van der Waals surface area contributed by atoms with Gasteiger partial charge >= 0.3 is 0 Å². The van der Waals surface area contributed by atoms with Crippen LogP contribution < -0.4 is 15.4 Å². The standard InChI is InChI=1S/C24H20N4O2/c29-24(18-9-14-23(26-16-18)27-17-20-6-4-5-15-25-20)28-19-10-12-22(13-11-19)30-21-7-2-1-3-8-21/h1-16H,17H2,(H,26,27)(H,28,29). The van der Waals surface area contributed by atoms with Crippen LogP contribution in [0.1, 0.15) is 16.1 Å². The Bertz CT molecular complexity index is 1080. The second kappa shape index (κ2) is 9.34. The Balaban J connectivity index is 1.32. The van der Waals surface area contributed by atoms with Crippen LogP contribution in [0.25, 0.3) is 0 Å². The molecule has 0 saturated carbocycles. The number of hydrogen-bond acceptors (Lipinski definition) is 5. The Morgan fingerprint density at radius 2 is 1.57 bits per heavy atom. The van der Waals surface area contributed by atoms with Crippen molar-refractivity contribution >= 4 is 17.4 Å². The molecular weight excluding hydrogens is 376 g/mol. The average Bonchev–Trinajstić information content (AvgIpc) is 2.81. The average molecular weight is 396 g/mol. The summed E-state index contributed by atoms with van der Waals surface area (Å²) in [5, 5.41) is 6.05. The van der Waals surface area contributed by atoms with Gasteiger partial charge < -0.3 is 15.4 Å². The number of para-hydroxylation sites is 1. The predicted octanol–water partition coefficient (Wildman–Crippen LogP) is 5.13. The van der Waals surface area contributed by atoms with Crippen LogP contribution in [0, 0.1) is 0 Å². The molecular formula is C24H20N4O2. The SMILES string of the molecule is O=C(Nc1ccc(Oc2ccccc2)cc1)c1ccc(NCc2ccccn2)nc1. The molecule has 0 unspecified atom stereocenters. The molecule has 0 saturated heterocycles. The van der Waals surface area contributed by atoms with Crippen molar-refractivity contribution in [3.8, 4) is 11.5 Å². The van der Waals surface area contributed by atoms with Gasteiger partial charge in [-0.1, -0.05) is 24.3 Å². The Morgan fingerprint density at radius 1 is 0.800 bits per heavy atom. The van der Waals surface area contributed by atoms with Crippen molar-refractivity contribution in [3.63, 3.8) is 0 Å². The first-order chi connectivity index (χ1) is 14.8. The summed E-state index contributed by atoms with van der Waals surface area (Å²) >= 11 is 0. The molecule has 6 heteroatoms. The fourth-order valence-electron chi connectivity index (χ4n) is 2.75. The zero-order valence-electron chi connectivity index (χ0n) is 16.2. The van der Waals surface area contributed by atoms with E-state index in [1.54, 1.807) is 36.7 Å². The minimum absolute atomic E-state index is 0.226. The number of anilines is 2. The van der Waals surface area contributed by atoms with Crippen molar-refractivity contribution in [2.75, 3.05) is 10.6 Å². The molecule has 30 heavy (non-hydrogen) atoms. The van der Waals surface area contributed by atoms with Crippen LogP contribution in [0.5, 0.6) is 11.5 Å². The van der Waals surface area contributed by atoms with Crippen LogP contribution in [-0.4, -0.2) is 15.9 Å². The highest BCUT2D eigenvalue weighted by atomic mass is 16.5. The first-order valence-electron chi connectivity index (χ1n) is 9.50. The van der Waals surface area contributed by atoms with Gasteiger partial charge in [0.05, 0.1) is 17.8 Å². The van der Waals surface area contributed by atoms with E-state index in [9.17, 15) is 4.79 Å². The molecule has 0 radical (unpaired) electrons. The molecule has 0 aliphatic rings. The van der Waals surface area contributed by atoms with Crippen LogP contribution in [0.2, 0.25) is 0 Å². The molecule has 0 fully saturated rings. The first-order valence-corrected chi connectivity index (χ1v) is 9.50. The second-order valence-electron chi connectivity index (χ2n) is 6.50. The fraction of sp³-hybridized carbons (Fsp3) is 0.0417. The van der Waals surface area contributed by atoms with Crippen LogP contribution in [0.15, 0.2) is 97.3 Å². The minimum Gasteiger partial charge on any atom is -0.457 e. The lowest BCUT2D eigenvalue weighted by molar-refractivity contribution is 0.102. The van der Waals surface area contributed by atoms with Gasteiger partial charge in [0.15, 0.2) is 0 Å². The van der Waals surface area contributed by atoms with Gasteiger partial charge in [-0.15, -0.1) is 0 Å². The number of ether oxygens (including phenoxy) is 1. The van der Waals surface area contributed by atoms with Crippen molar-refractivity contribution in [1.29, 1.82) is 0 Å². The highest BCUT2D eigenvalue weighted by molar-refractivity contribution is 6.04. The van der Waals surface area contributed by atoms with E-state index < -0.39 is 0 Å². The number of carbonyl (C=O) groups excluding carboxylic acids is 1. The van der Waals surface area contributed by atoms with Crippen LogP contribution in [0.3, 0.4) is 0 Å². The molecule has 2 heterocycles. The molecule has 2 aromatic carbocycles. The Morgan fingerprint density at radius 3 is 2.27 bits per heavy atom. The van der Waals surface area contributed by atoms with Crippen molar-refractivity contribution in [1.82, 2.24) is 9.97 Å². The largest absolute Gasteiger partial charge is 0.457 e. The van der Waals surface area contributed by atoms with Gasteiger partial charge in [0.25, 0.3) is 5.91 Å². The number of nitrogens with one attached hydrogen (secondary N) is 2. The van der Waals surface area contributed by atoms with Gasteiger partial charge in [-0.05, 0) is 60.7 Å². The van der Waals surface area contributed by atoms with Gasteiger partial charge in [-0.3, -0.25) is 9.78 Å². The van der Waals surface area contributed by atoms with E-state index in [1.807, 2.05) is 60.7 Å². The maximum atomic E-state index is 12.5. The van der Waals surface area contributed by atoms with E-state index in [-0.39, 0.29) is 5.91 Å². The quantitative estimate of drug-likeness (QED) is 0.453. The molecule has 4 rings (SSSR count). The lowest BCUT2D eigenvalue weighted by Gasteiger charge is -2.09. The number of carbonyl (C=O) groups is 1. The number of aromatic nitrogens is 2. The normalized spacial score (nSPS) is 10.3. The monoisotopic (exact) mass is 396 g/mol. The van der Waals surface area contributed by atoms with E-state index in [2.05, 4.69) is 20.6 Å². The number of benzene rings is 2. The number of amides is 1. The summed E-state index contributed by atoms with van der Waals surface area (Å²) < 4.78 is 5.76. The number of rotatable bonds is 7. The Kier molecular flexibility index (Phi) is 5.96. The Labute approximate surface area is 174 Å². The van der Waals surface area contributed by atoms with Gasteiger partial charge in [-0.25, -0.2) is 4.98 Å². The summed E-state index contributed by atoms with van der Waals surface area (Å²) in [6.45, 7) is 0.566. The van der Waals surface area contributed by atoms with Crippen molar-refractivity contribution in [2.24, 2.45) is 0 Å². The van der Waals surface area contributed by atoms with E-state index in [1.165, 1.54) is 0 Å². The molecule has 1 amide bonds. The molecule has 6 nitrogen and oxygen atoms in total. The van der Waals surface area contributed by atoms with Crippen molar-refractivity contribution < 1.29 is 9.53 Å². The van der Waals surface area contributed by atoms with Crippen LogP contribution >= 0.6 is 0 Å². The molecule has 0 spiro atoms. The molecule has 4 aromatic rings. The van der Waals surface area contributed by atoms with E-state index in [4.69, 9.17) is 4.74 Å². The molecule has 2 aromatic heterocycles. The lowest BCUT2D eigenvalue weighted by Crippen LogP contribution is -2.12. The van der Waals surface area contributed by atoms with Gasteiger partial charge in [0.1, 0.15) is 17.3 Å². The fourth-order valence-corrected chi connectivity index (χ4v) is 2.75. The first kappa shape index (κ1) is 19.1. The predicted molar refractivity (Wildman–Crippen MR) is 117 cm³/mol. The number of hydrogen-bond donors (Lipinski definition) is 2. The van der Waals surface area contributed by atoms with Gasteiger partial charge in [0.2, 0.25) is 0 Å². The molecule has 0 aliphatic heterocycles. The molecule has 0 atom stereocenters. The molecule has 0 aliphatic carbocycles. The Hall–Kier alpha value is -4.19. The zero-order chi connectivity index (χ0) is 20.6. The summed E-state index contributed by atoms with van der Waals surface area (Å²) in [6.07, 6.45) is 3.29. The minimum atomic E-state index is -0.226. The molecule has 0 bridgehead atoms. The lowest BCUT2D eigenvalue weighted by atomic mass is 10.2. The highest BCUT2D eigenvalue weighted by Gasteiger charge is 2.07. The summed E-state index contributed by atoms with van der Waals surface area (Å²) in [5.41, 5.74) is 2.07. The third-order valence-corrected chi connectivity index (χ3v) is 4.29. The van der Waals surface area contributed by atoms with Gasteiger partial charge in [0, 0.05) is 18.1 Å². The highest BCUT2D eigenvalue weighted by Crippen LogP contribution is 2.23. The molecule has 2 N–H and O–H groups in total. The van der Waals surface area contributed by atoms with E-state index >= 15 is 0 Å². The summed E-state index contributed by atoms with van der Waals surface area (Å²) in [4.78, 5) is 21.0. The van der Waals surface area contributed by atoms with Crippen LogP contribution in [0.4, 0.5) is 11.5 Å². The topological polar surface area (TPSA) is 76.1 Å². The van der Waals surface area contributed by atoms with E-state index in [0.29, 0.717) is 29.4 Å². The van der Waals surface area contributed by atoms with Crippen molar-refractivity contribution in [3.05, 3.63) is 109 Å². The number of pyridine rings is 2. The van der Waals surface area contributed by atoms with Gasteiger partial charge in [-0.2, -0.15) is 0 Å². The second-order valence-corrected chi connectivity index (χ2v) is 6.50. The number of nitrogens with zero attached hydrogens (tertiary/aromatic N) is 2. The molecule has 148 valence electrons. The maximum Gasteiger partial charge on any atom is 0.257 e. The summed E-state index contributed by atoms with van der Waals surface area (Å²) in [5.74, 6) is 1.91. The third-order valence-electron chi connectivity index (χ3n) is 4.29. The van der Waals surface area contributed by atoms with Crippen molar-refractivity contribution in [2.45, 2.75) is 6.54 Å². The van der Waals surface area contributed by atoms with Crippen LogP contribution in [-0.2, 0) is 6.54 Å². The third kappa shape index (κ3) is 5.20. The summed E-state index contributed by atoms with van der Waals surface area (Å²) in [7, 11) is 0.